The number of hydrogen-bond donors (Lipinski definition) is 0. The molecule has 0 radical (unpaired) electrons. The SMILES string of the molecule is O=C(OCOPOCOC(=O)c1ccccc1)c1ccccc1. The lowest BCUT2D eigenvalue weighted by Crippen LogP contribution is -2.08. The van der Waals surface area contributed by atoms with E-state index >= 15 is 0 Å². The van der Waals surface area contributed by atoms with Crippen molar-refractivity contribution in [1.29, 1.82) is 0 Å². The minimum Gasteiger partial charge on any atom is -0.434 e. The summed E-state index contributed by atoms with van der Waals surface area (Å²) in [6.45, 7) is -0.475. The molecule has 120 valence electrons. The molecule has 0 spiro atoms. The zero-order chi connectivity index (χ0) is 16.3. The zero-order valence-electron chi connectivity index (χ0n) is 12.1. The van der Waals surface area contributed by atoms with Gasteiger partial charge >= 0.3 is 11.9 Å². The summed E-state index contributed by atoms with van der Waals surface area (Å²) in [6.07, 6.45) is 0. The van der Waals surface area contributed by atoms with E-state index in [2.05, 4.69) is 0 Å². The fourth-order valence-corrected chi connectivity index (χ4v) is 1.87. The third kappa shape index (κ3) is 6.16. The molecule has 2 aromatic rings. The molecule has 0 aromatic heterocycles. The molecule has 2 aromatic carbocycles. The summed E-state index contributed by atoms with van der Waals surface area (Å²) in [6, 6.07) is 17.1. The number of hydrogen-bond acceptors (Lipinski definition) is 6. The predicted octanol–water partition coefficient (Wildman–Crippen LogP) is 3.16. The van der Waals surface area contributed by atoms with Crippen molar-refractivity contribution in [1.82, 2.24) is 0 Å². The maximum Gasteiger partial charge on any atom is 0.340 e. The van der Waals surface area contributed by atoms with Gasteiger partial charge in [-0.05, 0) is 24.3 Å². The highest BCUT2D eigenvalue weighted by molar-refractivity contribution is 7.26. The van der Waals surface area contributed by atoms with Gasteiger partial charge in [-0.3, -0.25) is 9.05 Å². The average molecular weight is 334 g/mol. The van der Waals surface area contributed by atoms with E-state index in [4.69, 9.17) is 18.5 Å². The average Bonchev–Trinajstić information content (AvgIpc) is 2.62. The van der Waals surface area contributed by atoms with Crippen molar-refractivity contribution in [2.45, 2.75) is 0 Å². The fraction of sp³-hybridized carbons (Fsp3) is 0.125. The second-order valence-electron chi connectivity index (χ2n) is 4.20. The molecule has 2 rings (SSSR count). The number of esters is 2. The maximum absolute atomic E-state index is 11.6. The van der Waals surface area contributed by atoms with Gasteiger partial charge in [-0.15, -0.1) is 0 Å². The van der Waals surface area contributed by atoms with Crippen LogP contribution in [0.5, 0.6) is 0 Å². The summed E-state index contributed by atoms with van der Waals surface area (Å²) in [4.78, 5) is 23.1. The Kier molecular flexibility index (Phi) is 7.20. The molecule has 0 aliphatic rings. The molecule has 0 saturated heterocycles. The Morgan fingerprint density at radius 3 is 1.48 bits per heavy atom. The van der Waals surface area contributed by atoms with Crippen LogP contribution in [0.2, 0.25) is 0 Å². The first-order valence-electron chi connectivity index (χ1n) is 6.70. The molecular formula is C16H15O6P. The van der Waals surface area contributed by atoms with Gasteiger partial charge in [-0.25, -0.2) is 9.59 Å². The van der Waals surface area contributed by atoms with E-state index < -0.39 is 21.0 Å². The third-order valence-electron chi connectivity index (χ3n) is 2.63. The molecule has 0 fully saturated rings. The van der Waals surface area contributed by atoms with E-state index in [9.17, 15) is 9.59 Å². The fourth-order valence-electron chi connectivity index (χ4n) is 1.57. The molecule has 0 N–H and O–H groups in total. The monoisotopic (exact) mass is 334 g/mol. The summed E-state index contributed by atoms with van der Waals surface area (Å²) < 4.78 is 19.7. The van der Waals surface area contributed by atoms with Crippen LogP contribution in [-0.4, -0.2) is 25.5 Å². The van der Waals surface area contributed by atoms with Crippen molar-refractivity contribution in [2.75, 3.05) is 13.6 Å². The van der Waals surface area contributed by atoms with Gasteiger partial charge in [0.05, 0.1) is 11.1 Å². The van der Waals surface area contributed by atoms with Gasteiger partial charge in [0.2, 0.25) is 0 Å². The van der Waals surface area contributed by atoms with Crippen molar-refractivity contribution >= 4 is 21.0 Å². The Hall–Kier alpha value is -2.27. The lowest BCUT2D eigenvalue weighted by molar-refractivity contribution is 0.00330. The molecule has 0 amide bonds. The molecule has 0 unspecified atom stereocenters. The van der Waals surface area contributed by atoms with Crippen molar-refractivity contribution in [3.63, 3.8) is 0 Å². The van der Waals surface area contributed by atoms with E-state index in [0.717, 1.165) is 0 Å². The van der Waals surface area contributed by atoms with Gasteiger partial charge < -0.3 is 9.47 Å². The minimum atomic E-state index is -0.481. The molecular weight excluding hydrogens is 319 g/mol. The van der Waals surface area contributed by atoms with Crippen LogP contribution < -0.4 is 0 Å². The van der Waals surface area contributed by atoms with Gasteiger partial charge in [0.25, 0.3) is 0 Å². The summed E-state index contributed by atoms with van der Waals surface area (Å²) in [5, 5.41) is 0. The Balaban J connectivity index is 1.53. The highest BCUT2D eigenvalue weighted by Crippen LogP contribution is 2.14. The van der Waals surface area contributed by atoms with Gasteiger partial charge in [0.1, 0.15) is 0 Å². The van der Waals surface area contributed by atoms with Gasteiger partial charge in [-0.1, -0.05) is 36.4 Å². The van der Waals surface area contributed by atoms with E-state index in [1.165, 1.54) is 0 Å². The van der Waals surface area contributed by atoms with Crippen LogP contribution in [0.3, 0.4) is 0 Å². The zero-order valence-corrected chi connectivity index (χ0v) is 13.1. The highest BCUT2D eigenvalue weighted by atomic mass is 31.1. The number of ether oxygens (including phenoxy) is 2. The summed E-state index contributed by atoms with van der Waals surface area (Å²) in [7, 11) is -0.408. The van der Waals surface area contributed by atoms with Crippen LogP contribution in [0, 0.1) is 0 Å². The van der Waals surface area contributed by atoms with E-state index in [1.807, 2.05) is 0 Å². The molecule has 0 aliphatic heterocycles. The lowest BCUT2D eigenvalue weighted by atomic mass is 10.2. The Bertz CT molecular complexity index is 561. The van der Waals surface area contributed by atoms with E-state index in [-0.39, 0.29) is 13.6 Å². The first-order chi connectivity index (χ1) is 11.3. The van der Waals surface area contributed by atoms with Crippen LogP contribution in [0.1, 0.15) is 20.7 Å². The van der Waals surface area contributed by atoms with Crippen molar-refractivity contribution in [2.24, 2.45) is 0 Å². The number of carbonyl (C=O) groups excluding carboxylic acids is 2. The molecule has 0 aliphatic carbocycles. The summed E-state index contributed by atoms with van der Waals surface area (Å²) in [5.41, 5.74) is 0.884. The number of carbonyl (C=O) groups is 2. The van der Waals surface area contributed by atoms with Crippen LogP contribution >= 0.6 is 9.03 Å². The third-order valence-corrected chi connectivity index (χ3v) is 3.11. The smallest absolute Gasteiger partial charge is 0.340 e. The molecule has 0 atom stereocenters. The molecule has 0 saturated carbocycles. The first kappa shape index (κ1) is 17.1. The normalized spacial score (nSPS) is 10.1. The van der Waals surface area contributed by atoms with Crippen molar-refractivity contribution in [3.8, 4) is 0 Å². The minimum absolute atomic E-state index is 0.237. The summed E-state index contributed by atoms with van der Waals surface area (Å²) in [5.74, 6) is -0.961. The van der Waals surface area contributed by atoms with Crippen LogP contribution in [0.25, 0.3) is 0 Å². The molecule has 0 bridgehead atoms. The van der Waals surface area contributed by atoms with E-state index in [1.54, 1.807) is 60.7 Å². The number of rotatable bonds is 8. The second-order valence-corrected chi connectivity index (χ2v) is 4.95. The van der Waals surface area contributed by atoms with Crippen LogP contribution in [-0.2, 0) is 18.5 Å². The predicted molar refractivity (Wildman–Crippen MR) is 83.9 cm³/mol. The van der Waals surface area contributed by atoms with Crippen LogP contribution in [0.4, 0.5) is 0 Å². The van der Waals surface area contributed by atoms with Crippen molar-refractivity contribution in [3.05, 3.63) is 71.8 Å². The van der Waals surface area contributed by atoms with E-state index in [0.29, 0.717) is 11.1 Å². The van der Waals surface area contributed by atoms with Crippen molar-refractivity contribution < 1.29 is 28.1 Å². The molecule has 6 nitrogen and oxygen atoms in total. The Morgan fingerprint density at radius 1 is 0.696 bits per heavy atom. The molecule has 7 heteroatoms. The first-order valence-corrected chi connectivity index (χ1v) is 7.52. The lowest BCUT2D eigenvalue weighted by Gasteiger charge is -2.07. The van der Waals surface area contributed by atoms with Crippen LogP contribution in [0.15, 0.2) is 60.7 Å². The van der Waals surface area contributed by atoms with Gasteiger partial charge in [0, 0.05) is 0 Å². The van der Waals surface area contributed by atoms with Gasteiger partial charge in [0.15, 0.2) is 22.6 Å². The maximum atomic E-state index is 11.6. The molecule has 0 heterocycles. The summed E-state index contributed by atoms with van der Waals surface area (Å²) >= 11 is 0. The Labute approximate surface area is 135 Å². The highest BCUT2D eigenvalue weighted by Gasteiger charge is 2.06. The quantitative estimate of drug-likeness (QED) is 0.320. The molecule has 23 heavy (non-hydrogen) atoms. The largest absolute Gasteiger partial charge is 0.434 e. The second kappa shape index (κ2) is 9.69. The van der Waals surface area contributed by atoms with Gasteiger partial charge in [-0.2, -0.15) is 0 Å². The Morgan fingerprint density at radius 2 is 1.09 bits per heavy atom. The number of benzene rings is 2. The standard InChI is InChI=1S/C16H15O6P/c17-15(13-7-3-1-4-8-13)19-11-21-23-22-12-20-16(18)14-9-5-2-6-10-14/h1-10,23H,11-12H2. The topological polar surface area (TPSA) is 71.1 Å².